The molecule has 0 spiro atoms. The second-order valence-corrected chi connectivity index (χ2v) is 14.5. The maximum Gasteiger partial charge on any atom is 0.343 e. The number of piperidine rings is 1. The predicted molar refractivity (Wildman–Crippen MR) is 201 cm³/mol. The predicted octanol–water partition coefficient (Wildman–Crippen LogP) is 5.94. The van der Waals surface area contributed by atoms with E-state index >= 15 is 0 Å². The Morgan fingerprint density at radius 3 is 2.42 bits per heavy atom. The topological polar surface area (TPSA) is 144 Å². The van der Waals surface area contributed by atoms with E-state index in [1.807, 2.05) is 42.5 Å². The number of phenolic OH excluding ortho intramolecular Hbond substituents is 1. The molecule has 2 unspecified atom stereocenters. The summed E-state index contributed by atoms with van der Waals surface area (Å²) in [6.07, 6.45) is 7.76. The fourth-order valence-corrected chi connectivity index (χ4v) is 7.74. The Morgan fingerprint density at radius 2 is 1.67 bits per heavy atom. The van der Waals surface area contributed by atoms with E-state index in [4.69, 9.17) is 9.47 Å². The number of aromatic nitrogens is 1. The summed E-state index contributed by atoms with van der Waals surface area (Å²) in [7, 11) is 0. The molecule has 1 aromatic heterocycles. The highest BCUT2D eigenvalue weighted by Crippen LogP contribution is 2.40. The van der Waals surface area contributed by atoms with Gasteiger partial charge in [-0.2, -0.15) is 0 Å². The average Bonchev–Trinajstić information content (AvgIpc) is 3.18. The number of phenols is 1. The number of ether oxygens (including phenoxy) is 2. The molecule has 4 aromatic rings. The highest BCUT2D eigenvalue weighted by atomic mass is 16.5. The third-order valence-corrected chi connectivity index (χ3v) is 10.8. The van der Waals surface area contributed by atoms with Crippen LogP contribution >= 0.6 is 0 Å². The minimum atomic E-state index is -1.59. The first-order valence-electron chi connectivity index (χ1n) is 18.9. The van der Waals surface area contributed by atoms with Gasteiger partial charge in [-0.15, -0.1) is 0 Å². The molecule has 1 saturated heterocycles. The number of benzene rings is 3. The third kappa shape index (κ3) is 9.41. The Kier molecular flexibility index (Phi) is 13.0. The number of hydrogen-bond donors (Lipinski definition) is 5. The Morgan fingerprint density at radius 1 is 0.923 bits per heavy atom. The molecule has 6 rings (SSSR count). The minimum absolute atomic E-state index is 0.0239. The molecular weight excluding hydrogens is 658 g/mol. The largest absolute Gasteiger partial charge is 0.506 e. The number of carbonyl (C=O) groups is 1. The molecule has 1 saturated carbocycles. The molecule has 1 aliphatic carbocycles. The van der Waals surface area contributed by atoms with Gasteiger partial charge in [0.1, 0.15) is 11.5 Å². The molecular formula is C42H53N3O7. The van der Waals surface area contributed by atoms with E-state index in [2.05, 4.69) is 27.3 Å². The molecule has 0 amide bonds. The standard InChI is InChI=1S/C42H53N3O7/c46-37-19-17-35(36-18-20-39(48)44-40(36)37)38(47)27-43-23-7-8-26-51-34-15-13-30(14-16-34)28-45-24-21-31(22-25-45)29-52-41(49)42(50,32-9-3-1-4-10-32)33-11-5-2-6-12-33/h1,3-4,9-10,13-20,31,33,38,43,46-47,50H,2,5-8,11-12,21-29H2,(H,44,48). The Balaban J connectivity index is 0.860. The minimum Gasteiger partial charge on any atom is -0.506 e. The second-order valence-electron chi connectivity index (χ2n) is 14.5. The first-order valence-corrected chi connectivity index (χ1v) is 18.9. The van der Waals surface area contributed by atoms with Gasteiger partial charge in [0.15, 0.2) is 5.60 Å². The van der Waals surface area contributed by atoms with Crippen molar-refractivity contribution in [1.29, 1.82) is 0 Å². The number of nitrogens with zero attached hydrogens (tertiary/aromatic N) is 1. The number of aliphatic hydroxyl groups is 2. The summed E-state index contributed by atoms with van der Waals surface area (Å²) in [5.41, 5.74) is 0.957. The van der Waals surface area contributed by atoms with Crippen LogP contribution in [0.1, 0.15) is 80.6 Å². The van der Waals surface area contributed by atoms with E-state index in [0.717, 1.165) is 89.7 Å². The lowest BCUT2D eigenvalue weighted by Crippen LogP contribution is -2.46. The smallest absolute Gasteiger partial charge is 0.343 e. The van der Waals surface area contributed by atoms with Gasteiger partial charge in [0.2, 0.25) is 5.56 Å². The molecule has 1 aliphatic heterocycles. The van der Waals surface area contributed by atoms with E-state index in [1.165, 1.54) is 17.7 Å². The molecule has 3 aromatic carbocycles. The molecule has 2 heterocycles. The summed E-state index contributed by atoms with van der Waals surface area (Å²) in [6, 6.07) is 23.8. The zero-order valence-electron chi connectivity index (χ0n) is 30.0. The van der Waals surface area contributed by atoms with Crippen LogP contribution in [0.25, 0.3) is 10.9 Å². The number of H-pyrrole nitrogens is 1. The van der Waals surface area contributed by atoms with Crippen molar-refractivity contribution < 1.29 is 29.6 Å². The van der Waals surface area contributed by atoms with Gasteiger partial charge >= 0.3 is 5.97 Å². The third-order valence-electron chi connectivity index (χ3n) is 10.8. The summed E-state index contributed by atoms with van der Waals surface area (Å²) in [4.78, 5) is 30.2. The van der Waals surface area contributed by atoms with Gasteiger partial charge in [-0.05, 0) is 105 Å². The lowest BCUT2D eigenvalue weighted by atomic mass is 9.73. The zero-order chi connectivity index (χ0) is 36.3. The van der Waals surface area contributed by atoms with Crippen molar-refractivity contribution >= 4 is 16.9 Å². The normalized spacial score (nSPS) is 17.8. The van der Waals surface area contributed by atoms with E-state index in [-0.39, 0.29) is 23.1 Å². The highest BCUT2D eigenvalue weighted by Gasteiger charge is 2.47. The van der Waals surface area contributed by atoms with Crippen molar-refractivity contribution in [2.24, 2.45) is 11.8 Å². The summed E-state index contributed by atoms with van der Waals surface area (Å²) in [5, 5.41) is 36.5. The van der Waals surface area contributed by atoms with Crippen LogP contribution in [0.3, 0.4) is 0 Å². The number of pyridine rings is 1. The van der Waals surface area contributed by atoms with Gasteiger partial charge in [0, 0.05) is 30.5 Å². The summed E-state index contributed by atoms with van der Waals surface area (Å²) in [6.45, 7) is 4.75. The van der Waals surface area contributed by atoms with E-state index in [0.29, 0.717) is 41.8 Å². The van der Waals surface area contributed by atoms with Crippen molar-refractivity contribution in [2.45, 2.75) is 76.0 Å². The lowest BCUT2D eigenvalue weighted by molar-refractivity contribution is -0.177. The molecule has 2 aliphatic rings. The van der Waals surface area contributed by atoms with Crippen LogP contribution in [0.5, 0.6) is 11.5 Å². The van der Waals surface area contributed by atoms with Crippen LogP contribution in [0.2, 0.25) is 0 Å². The number of rotatable bonds is 16. The van der Waals surface area contributed by atoms with Gasteiger partial charge in [-0.25, -0.2) is 4.79 Å². The van der Waals surface area contributed by atoms with Crippen LogP contribution in [0.15, 0.2) is 83.7 Å². The van der Waals surface area contributed by atoms with Crippen LogP contribution < -0.4 is 15.6 Å². The van der Waals surface area contributed by atoms with Crippen molar-refractivity contribution in [3.8, 4) is 11.5 Å². The van der Waals surface area contributed by atoms with Crippen LogP contribution in [-0.4, -0.2) is 70.6 Å². The monoisotopic (exact) mass is 711 g/mol. The summed E-state index contributed by atoms with van der Waals surface area (Å²) < 4.78 is 11.8. The number of aromatic hydroxyl groups is 1. The number of aliphatic hydroxyl groups excluding tert-OH is 1. The molecule has 5 N–H and O–H groups in total. The molecule has 0 bridgehead atoms. The summed E-state index contributed by atoms with van der Waals surface area (Å²) in [5.74, 6) is 0.498. The van der Waals surface area contributed by atoms with Crippen molar-refractivity contribution in [3.63, 3.8) is 0 Å². The van der Waals surface area contributed by atoms with Crippen LogP contribution in [-0.2, 0) is 21.7 Å². The number of carbonyl (C=O) groups excluding carboxylic acids is 1. The number of esters is 1. The van der Waals surface area contributed by atoms with Gasteiger partial charge < -0.3 is 35.1 Å². The molecule has 2 atom stereocenters. The SMILES string of the molecule is O=C(OCC1CCN(Cc2ccc(OCCCCNCC(O)c3ccc(O)c4[nH]c(=O)ccc34)cc2)CC1)C(O)(c1ccccc1)C1CCCCC1. The maximum absolute atomic E-state index is 13.5. The maximum atomic E-state index is 13.5. The Bertz CT molecular complexity index is 1780. The highest BCUT2D eigenvalue weighted by molar-refractivity contribution is 5.87. The Labute approximate surface area is 305 Å². The van der Waals surface area contributed by atoms with Crippen molar-refractivity contribution in [2.75, 3.05) is 39.4 Å². The number of aromatic amines is 1. The number of hydrogen-bond acceptors (Lipinski definition) is 9. The quantitative estimate of drug-likeness (QED) is 0.0705. The molecule has 10 heteroatoms. The van der Waals surface area contributed by atoms with Gasteiger partial charge in [-0.1, -0.05) is 67.8 Å². The lowest BCUT2D eigenvalue weighted by Gasteiger charge is -2.37. The summed E-state index contributed by atoms with van der Waals surface area (Å²) >= 11 is 0. The number of likely N-dealkylation sites (tertiary alicyclic amines) is 1. The van der Waals surface area contributed by atoms with Gasteiger partial charge in [0.25, 0.3) is 0 Å². The number of nitrogens with one attached hydrogen (secondary N) is 2. The molecule has 278 valence electrons. The van der Waals surface area contributed by atoms with Gasteiger partial charge in [-0.3, -0.25) is 9.69 Å². The zero-order valence-corrected chi connectivity index (χ0v) is 30.0. The van der Waals surface area contributed by atoms with Crippen molar-refractivity contribution in [1.82, 2.24) is 15.2 Å². The van der Waals surface area contributed by atoms with Gasteiger partial charge in [0.05, 0.1) is 24.8 Å². The second kappa shape index (κ2) is 18.0. The van der Waals surface area contributed by atoms with Crippen LogP contribution in [0.4, 0.5) is 0 Å². The average molecular weight is 712 g/mol. The number of fused-ring (bicyclic) bond motifs is 1. The fourth-order valence-electron chi connectivity index (χ4n) is 7.74. The number of unbranched alkanes of at least 4 members (excludes halogenated alkanes) is 1. The van der Waals surface area contributed by atoms with Crippen molar-refractivity contribution in [3.05, 3.63) is 106 Å². The van der Waals surface area contributed by atoms with E-state index in [9.17, 15) is 24.9 Å². The van der Waals surface area contributed by atoms with E-state index in [1.54, 1.807) is 12.1 Å². The first-order chi connectivity index (χ1) is 25.3. The molecule has 52 heavy (non-hydrogen) atoms. The molecule has 0 radical (unpaired) electrons. The van der Waals surface area contributed by atoms with Crippen LogP contribution in [0, 0.1) is 11.8 Å². The van der Waals surface area contributed by atoms with E-state index < -0.39 is 17.7 Å². The molecule has 10 nitrogen and oxygen atoms in total. The first kappa shape index (κ1) is 37.5. The fraction of sp³-hybridized carbons (Fsp3) is 0.476. The molecule has 2 fully saturated rings. The Hall–Kier alpha value is -4.22.